The minimum absolute atomic E-state index is 0.201. The SMILES string of the molecule is COc1ccc(C)cc1NC(=O)[C@H](Cc1ccccc1)N1C(=O)c2ccccc2C1=O. The number of hydrogen-bond acceptors (Lipinski definition) is 4. The zero-order chi connectivity index (χ0) is 22.0. The number of carbonyl (C=O) groups is 3. The molecule has 6 heteroatoms. The molecule has 31 heavy (non-hydrogen) atoms. The van der Waals surface area contributed by atoms with Crippen LogP contribution < -0.4 is 10.1 Å². The van der Waals surface area contributed by atoms with E-state index in [1.807, 2.05) is 43.3 Å². The summed E-state index contributed by atoms with van der Waals surface area (Å²) in [7, 11) is 1.52. The molecule has 1 heterocycles. The lowest BCUT2D eigenvalue weighted by Crippen LogP contribution is -2.48. The summed E-state index contributed by atoms with van der Waals surface area (Å²) in [6.07, 6.45) is 0.201. The quantitative estimate of drug-likeness (QED) is 0.622. The number of anilines is 1. The zero-order valence-electron chi connectivity index (χ0n) is 17.3. The Bertz CT molecular complexity index is 1120. The van der Waals surface area contributed by atoms with E-state index in [4.69, 9.17) is 4.74 Å². The number of nitrogens with one attached hydrogen (secondary N) is 1. The van der Waals surface area contributed by atoms with Crippen molar-refractivity contribution in [1.82, 2.24) is 4.90 Å². The van der Waals surface area contributed by atoms with Crippen LogP contribution in [0.2, 0.25) is 0 Å². The molecule has 1 N–H and O–H groups in total. The maximum absolute atomic E-state index is 13.4. The van der Waals surface area contributed by atoms with E-state index in [0.717, 1.165) is 16.0 Å². The highest BCUT2D eigenvalue weighted by Gasteiger charge is 2.42. The number of hydrogen-bond donors (Lipinski definition) is 1. The maximum atomic E-state index is 13.4. The first kappa shape index (κ1) is 20.3. The van der Waals surface area contributed by atoms with Gasteiger partial charge in [-0.25, -0.2) is 0 Å². The predicted octanol–water partition coefficient (Wildman–Crippen LogP) is 3.85. The molecule has 4 rings (SSSR count). The average molecular weight is 414 g/mol. The van der Waals surface area contributed by atoms with Crippen molar-refractivity contribution in [3.05, 3.63) is 95.1 Å². The second-order valence-electron chi connectivity index (χ2n) is 7.42. The fraction of sp³-hybridized carbons (Fsp3) is 0.160. The van der Waals surface area contributed by atoms with Gasteiger partial charge in [0.1, 0.15) is 11.8 Å². The van der Waals surface area contributed by atoms with Crippen molar-refractivity contribution in [2.75, 3.05) is 12.4 Å². The van der Waals surface area contributed by atoms with Gasteiger partial charge >= 0.3 is 0 Å². The standard InChI is InChI=1S/C25H22N2O4/c1-16-12-13-22(31-2)20(14-16)26-23(28)21(15-17-8-4-3-5-9-17)27-24(29)18-10-6-7-11-19(18)25(27)30/h3-14,21H,15H2,1-2H3,(H,26,28)/t21-/m0/s1. The van der Waals surface area contributed by atoms with E-state index in [1.165, 1.54) is 7.11 Å². The van der Waals surface area contributed by atoms with Gasteiger partial charge < -0.3 is 10.1 Å². The molecule has 0 aromatic heterocycles. The number of carbonyl (C=O) groups excluding carboxylic acids is 3. The molecule has 0 fully saturated rings. The number of amides is 3. The first-order chi connectivity index (χ1) is 15.0. The summed E-state index contributed by atoms with van der Waals surface area (Å²) < 4.78 is 5.36. The van der Waals surface area contributed by atoms with E-state index in [0.29, 0.717) is 22.6 Å². The molecule has 156 valence electrons. The zero-order valence-corrected chi connectivity index (χ0v) is 17.3. The van der Waals surface area contributed by atoms with Gasteiger partial charge in [-0.2, -0.15) is 0 Å². The highest BCUT2D eigenvalue weighted by Crippen LogP contribution is 2.29. The second-order valence-corrected chi connectivity index (χ2v) is 7.42. The third-order valence-electron chi connectivity index (χ3n) is 5.32. The molecule has 1 aliphatic heterocycles. The topological polar surface area (TPSA) is 75.7 Å². The Hall–Kier alpha value is -3.93. The van der Waals surface area contributed by atoms with E-state index >= 15 is 0 Å². The number of nitrogens with zero attached hydrogens (tertiary/aromatic N) is 1. The molecule has 1 aliphatic rings. The normalized spacial score (nSPS) is 13.7. The maximum Gasteiger partial charge on any atom is 0.262 e. The van der Waals surface area contributed by atoms with E-state index < -0.39 is 23.8 Å². The van der Waals surface area contributed by atoms with Crippen molar-refractivity contribution in [3.8, 4) is 5.75 Å². The van der Waals surface area contributed by atoms with Crippen LogP contribution in [-0.2, 0) is 11.2 Å². The molecule has 3 aromatic carbocycles. The minimum Gasteiger partial charge on any atom is -0.495 e. The van der Waals surface area contributed by atoms with Gasteiger partial charge in [-0.3, -0.25) is 19.3 Å². The van der Waals surface area contributed by atoms with Gasteiger partial charge in [0.05, 0.1) is 23.9 Å². The van der Waals surface area contributed by atoms with Gasteiger partial charge in [0.2, 0.25) is 5.91 Å². The molecule has 0 spiro atoms. The molecular formula is C25H22N2O4. The molecule has 0 aliphatic carbocycles. The Morgan fingerprint density at radius 2 is 1.55 bits per heavy atom. The highest BCUT2D eigenvalue weighted by atomic mass is 16.5. The Kier molecular flexibility index (Phi) is 5.54. The second kappa shape index (κ2) is 8.44. The van der Waals surface area contributed by atoms with Crippen LogP contribution in [0.15, 0.2) is 72.8 Å². The fourth-order valence-corrected chi connectivity index (χ4v) is 3.77. The van der Waals surface area contributed by atoms with Crippen LogP contribution in [0.25, 0.3) is 0 Å². The van der Waals surface area contributed by atoms with Crippen molar-refractivity contribution in [2.24, 2.45) is 0 Å². The Labute approximate surface area is 180 Å². The third kappa shape index (κ3) is 3.92. The summed E-state index contributed by atoms with van der Waals surface area (Å²) in [4.78, 5) is 40.6. The predicted molar refractivity (Wildman–Crippen MR) is 117 cm³/mol. The smallest absolute Gasteiger partial charge is 0.262 e. The Balaban J connectivity index is 1.70. The van der Waals surface area contributed by atoms with Gasteiger partial charge in [-0.1, -0.05) is 48.5 Å². The summed E-state index contributed by atoms with van der Waals surface area (Å²) >= 11 is 0. The molecule has 3 amide bonds. The number of fused-ring (bicyclic) bond motifs is 1. The lowest BCUT2D eigenvalue weighted by molar-refractivity contribution is -0.119. The Morgan fingerprint density at radius 3 is 2.16 bits per heavy atom. The van der Waals surface area contributed by atoms with Crippen LogP contribution in [0, 0.1) is 6.92 Å². The Morgan fingerprint density at radius 1 is 0.935 bits per heavy atom. The van der Waals surface area contributed by atoms with Crippen LogP contribution >= 0.6 is 0 Å². The molecule has 6 nitrogen and oxygen atoms in total. The molecule has 0 saturated carbocycles. The molecule has 0 unspecified atom stereocenters. The van der Waals surface area contributed by atoms with Gasteiger partial charge in [0, 0.05) is 6.42 Å². The van der Waals surface area contributed by atoms with Crippen LogP contribution in [0.5, 0.6) is 5.75 Å². The van der Waals surface area contributed by atoms with Crippen molar-refractivity contribution in [2.45, 2.75) is 19.4 Å². The summed E-state index contributed by atoms with van der Waals surface area (Å²) in [6.45, 7) is 1.90. The van der Waals surface area contributed by atoms with Crippen molar-refractivity contribution >= 4 is 23.4 Å². The molecule has 0 bridgehead atoms. The van der Waals surface area contributed by atoms with E-state index in [9.17, 15) is 14.4 Å². The van der Waals surface area contributed by atoms with Crippen LogP contribution in [0.4, 0.5) is 5.69 Å². The number of aryl methyl sites for hydroxylation is 1. The number of methoxy groups -OCH3 is 1. The highest BCUT2D eigenvalue weighted by molar-refractivity contribution is 6.23. The van der Waals surface area contributed by atoms with Gasteiger partial charge in [0.25, 0.3) is 11.8 Å². The minimum atomic E-state index is -1.01. The number of imide groups is 1. The summed E-state index contributed by atoms with van der Waals surface area (Å²) in [5.74, 6) is -0.886. The lowest BCUT2D eigenvalue weighted by Gasteiger charge is -2.26. The van der Waals surface area contributed by atoms with Crippen LogP contribution in [0.1, 0.15) is 31.8 Å². The van der Waals surface area contributed by atoms with Crippen molar-refractivity contribution < 1.29 is 19.1 Å². The fourth-order valence-electron chi connectivity index (χ4n) is 3.77. The first-order valence-electron chi connectivity index (χ1n) is 9.96. The number of benzene rings is 3. The van der Waals surface area contributed by atoms with Gasteiger partial charge in [-0.05, 0) is 42.3 Å². The van der Waals surface area contributed by atoms with Gasteiger partial charge in [0.15, 0.2) is 0 Å². The monoisotopic (exact) mass is 414 g/mol. The van der Waals surface area contributed by atoms with Crippen molar-refractivity contribution in [1.29, 1.82) is 0 Å². The van der Waals surface area contributed by atoms with E-state index in [-0.39, 0.29) is 6.42 Å². The molecule has 0 saturated heterocycles. The summed E-state index contributed by atoms with van der Waals surface area (Å²) in [5.41, 5.74) is 2.90. The molecular weight excluding hydrogens is 392 g/mol. The number of ether oxygens (including phenoxy) is 1. The number of rotatable bonds is 6. The molecule has 1 atom stereocenters. The van der Waals surface area contributed by atoms with E-state index in [2.05, 4.69) is 5.32 Å². The summed E-state index contributed by atoms with van der Waals surface area (Å²) in [6, 6.07) is 20.4. The third-order valence-corrected chi connectivity index (χ3v) is 5.32. The van der Waals surface area contributed by atoms with Crippen LogP contribution in [-0.4, -0.2) is 35.8 Å². The molecule has 3 aromatic rings. The average Bonchev–Trinajstić information content (AvgIpc) is 3.03. The lowest BCUT2D eigenvalue weighted by atomic mass is 10.0. The van der Waals surface area contributed by atoms with Gasteiger partial charge in [-0.15, -0.1) is 0 Å². The van der Waals surface area contributed by atoms with Crippen molar-refractivity contribution in [3.63, 3.8) is 0 Å². The molecule has 0 radical (unpaired) electrons. The largest absolute Gasteiger partial charge is 0.495 e. The summed E-state index contributed by atoms with van der Waals surface area (Å²) in [5, 5.41) is 2.86. The van der Waals surface area contributed by atoms with E-state index in [1.54, 1.807) is 36.4 Å². The van der Waals surface area contributed by atoms with Crippen LogP contribution in [0.3, 0.4) is 0 Å². The first-order valence-corrected chi connectivity index (χ1v) is 9.96.